The number of likely N-dealkylation sites (N-methyl/N-ethyl adjacent to an activating group) is 1. The Bertz CT molecular complexity index is 620. The Morgan fingerprint density at radius 2 is 1.95 bits per heavy atom. The van der Waals surface area contributed by atoms with Crippen molar-refractivity contribution in [3.8, 4) is 0 Å². The monoisotopic (exact) mass is 317 g/mol. The molecule has 0 radical (unpaired) electrons. The summed E-state index contributed by atoms with van der Waals surface area (Å²) in [5.74, 6) is -0.800. The smallest absolute Gasteiger partial charge is 0.293 e. The van der Waals surface area contributed by atoms with Crippen LogP contribution < -0.4 is 5.32 Å². The Morgan fingerprint density at radius 3 is 2.45 bits per heavy atom. The van der Waals surface area contributed by atoms with Gasteiger partial charge in [-0.1, -0.05) is 23.2 Å². The summed E-state index contributed by atoms with van der Waals surface area (Å²) in [6, 6.07) is 1.51. The Kier molecular flexibility index (Phi) is 3.82. The molecule has 1 saturated heterocycles. The highest BCUT2D eigenvalue weighted by Gasteiger charge is 2.37. The number of hydrogen-bond acceptors (Lipinski definition) is 5. The largest absolute Gasteiger partial charge is 0.368 e. The van der Waals surface area contributed by atoms with Crippen LogP contribution >= 0.6 is 23.2 Å². The van der Waals surface area contributed by atoms with E-state index in [0.29, 0.717) is 0 Å². The van der Waals surface area contributed by atoms with Gasteiger partial charge in [0.1, 0.15) is 11.7 Å². The molecule has 0 saturated carbocycles. The van der Waals surface area contributed by atoms with E-state index in [-0.39, 0.29) is 33.7 Å². The number of nitrogens with zero attached hydrogens (tertiary/aromatic N) is 2. The SMILES string of the molecule is CN1C(=O)CC(Nc2cc(Cl)c(Cl)cc2[N+](=O)[O-])C1=O. The second kappa shape index (κ2) is 5.26. The van der Waals surface area contributed by atoms with Gasteiger partial charge in [0.15, 0.2) is 0 Å². The number of nitro benzene ring substituents is 1. The van der Waals surface area contributed by atoms with Gasteiger partial charge in [-0.15, -0.1) is 0 Å². The maximum Gasteiger partial charge on any atom is 0.293 e. The molecule has 0 aliphatic carbocycles. The number of imide groups is 1. The molecular formula is C11H9Cl2N3O4. The number of benzene rings is 1. The van der Waals surface area contributed by atoms with Crippen LogP contribution in [0.15, 0.2) is 12.1 Å². The quantitative estimate of drug-likeness (QED) is 0.523. The van der Waals surface area contributed by atoms with Crippen molar-refractivity contribution in [3.05, 3.63) is 32.3 Å². The van der Waals surface area contributed by atoms with Gasteiger partial charge in [0.25, 0.3) is 11.6 Å². The zero-order valence-electron chi connectivity index (χ0n) is 10.2. The first-order chi connectivity index (χ1) is 9.31. The van der Waals surface area contributed by atoms with Crippen LogP contribution in [-0.4, -0.2) is 34.7 Å². The van der Waals surface area contributed by atoms with Crippen LogP contribution in [0.2, 0.25) is 10.0 Å². The van der Waals surface area contributed by atoms with E-state index in [4.69, 9.17) is 23.2 Å². The van der Waals surface area contributed by atoms with Gasteiger partial charge in [0.05, 0.1) is 21.4 Å². The minimum absolute atomic E-state index is 0.0369. The number of hydrogen-bond donors (Lipinski definition) is 1. The van der Waals surface area contributed by atoms with Crippen LogP contribution in [0.3, 0.4) is 0 Å². The maximum atomic E-state index is 11.8. The normalized spacial score (nSPS) is 18.6. The number of nitrogens with one attached hydrogen (secondary N) is 1. The lowest BCUT2D eigenvalue weighted by Gasteiger charge is -2.13. The van der Waals surface area contributed by atoms with Crippen molar-refractivity contribution in [2.24, 2.45) is 0 Å². The highest BCUT2D eigenvalue weighted by Crippen LogP contribution is 2.35. The summed E-state index contributed by atoms with van der Waals surface area (Å²) in [7, 11) is 1.36. The van der Waals surface area contributed by atoms with Gasteiger partial charge >= 0.3 is 0 Å². The summed E-state index contributed by atoms with van der Waals surface area (Å²) in [6.07, 6.45) is -0.0628. The van der Waals surface area contributed by atoms with E-state index in [2.05, 4.69) is 5.32 Å². The first kappa shape index (κ1) is 14.5. The summed E-state index contributed by atoms with van der Waals surface area (Å²) < 4.78 is 0. The zero-order chi connectivity index (χ0) is 15.0. The fourth-order valence-electron chi connectivity index (χ4n) is 1.86. The van der Waals surface area contributed by atoms with Gasteiger partial charge in [-0.05, 0) is 6.07 Å². The molecule has 1 fully saturated rings. The first-order valence-electron chi connectivity index (χ1n) is 5.51. The lowest BCUT2D eigenvalue weighted by Crippen LogP contribution is -2.31. The molecule has 9 heteroatoms. The van der Waals surface area contributed by atoms with Crippen LogP contribution in [-0.2, 0) is 9.59 Å². The second-order valence-electron chi connectivity index (χ2n) is 4.23. The molecule has 1 aliphatic heterocycles. The van der Waals surface area contributed by atoms with Crippen molar-refractivity contribution in [2.45, 2.75) is 12.5 Å². The van der Waals surface area contributed by atoms with Crippen molar-refractivity contribution < 1.29 is 14.5 Å². The molecule has 2 amide bonds. The molecule has 7 nitrogen and oxygen atoms in total. The number of carbonyl (C=O) groups is 2. The Hall–Kier alpha value is -1.86. The maximum absolute atomic E-state index is 11.8. The minimum atomic E-state index is -0.844. The molecule has 1 aliphatic rings. The van der Waals surface area contributed by atoms with E-state index in [0.717, 1.165) is 11.0 Å². The lowest BCUT2D eigenvalue weighted by atomic mass is 10.2. The van der Waals surface area contributed by atoms with Gasteiger partial charge in [0.2, 0.25) is 5.91 Å². The molecule has 1 unspecified atom stereocenters. The number of likely N-dealkylation sites (tertiary alicyclic amines) is 1. The van der Waals surface area contributed by atoms with Crippen LogP contribution in [0, 0.1) is 10.1 Å². The minimum Gasteiger partial charge on any atom is -0.368 e. The van der Waals surface area contributed by atoms with Gasteiger partial charge in [-0.3, -0.25) is 24.6 Å². The fourth-order valence-corrected chi connectivity index (χ4v) is 2.18. The summed E-state index contributed by atoms with van der Waals surface area (Å²) >= 11 is 11.5. The molecule has 2 rings (SSSR count). The summed E-state index contributed by atoms with van der Waals surface area (Å²) in [6.45, 7) is 0. The molecule has 0 aromatic heterocycles. The molecule has 0 bridgehead atoms. The van der Waals surface area contributed by atoms with E-state index in [1.807, 2.05) is 0 Å². The fraction of sp³-hybridized carbons (Fsp3) is 0.273. The predicted molar refractivity (Wildman–Crippen MR) is 72.9 cm³/mol. The van der Waals surface area contributed by atoms with Crippen molar-refractivity contribution in [1.82, 2.24) is 4.90 Å². The van der Waals surface area contributed by atoms with E-state index in [1.54, 1.807) is 0 Å². The topological polar surface area (TPSA) is 92.6 Å². The van der Waals surface area contributed by atoms with Crippen molar-refractivity contribution in [2.75, 3.05) is 12.4 Å². The molecule has 1 aromatic carbocycles. The number of rotatable bonds is 3. The number of anilines is 1. The average molecular weight is 318 g/mol. The second-order valence-corrected chi connectivity index (χ2v) is 5.05. The Balaban J connectivity index is 2.34. The predicted octanol–water partition coefficient (Wildman–Crippen LogP) is 2.07. The molecule has 106 valence electrons. The first-order valence-corrected chi connectivity index (χ1v) is 6.27. The van der Waals surface area contributed by atoms with E-state index in [9.17, 15) is 19.7 Å². The Morgan fingerprint density at radius 1 is 1.35 bits per heavy atom. The van der Waals surface area contributed by atoms with Crippen molar-refractivity contribution >= 4 is 46.4 Å². The third-order valence-corrected chi connectivity index (χ3v) is 3.67. The van der Waals surface area contributed by atoms with Crippen molar-refractivity contribution in [3.63, 3.8) is 0 Å². The van der Waals surface area contributed by atoms with Gasteiger partial charge in [-0.25, -0.2) is 0 Å². The van der Waals surface area contributed by atoms with Crippen molar-refractivity contribution in [1.29, 1.82) is 0 Å². The highest BCUT2D eigenvalue weighted by molar-refractivity contribution is 6.42. The van der Waals surface area contributed by atoms with Crippen LogP contribution in [0.1, 0.15) is 6.42 Å². The highest BCUT2D eigenvalue weighted by atomic mass is 35.5. The summed E-state index contributed by atoms with van der Waals surface area (Å²) in [5, 5.41) is 13.8. The van der Waals surface area contributed by atoms with E-state index < -0.39 is 16.9 Å². The summed E-state index contributed by atoms with van der Waals surface area (Å²) in [4.78, 5) is 34.5. The van der Waals surface area contributed by atoms with Crippen LogP contribution in [0.5, 0.6) is 0 Å². The van der Waals surface area contributed by atoms with Gasteiger partial charge in [0, 0.05) is 13.1 Å². The number of halogens is 2. The molecule has 1 atom stereocenters. The third kappa shape index (κ3) is 2.54. The molecule has 1 heterocycles. The summed E-state index contributed by atoms with van der Waals surface area (Å²) in [5.41, 5.74) is -0.264. The molecule has 0 spiro atoms. The third-order valence-electron chi connectivity index (χ3n) is 2.95. The van der Waals surface area contributed by atoms with Gasteiger partial charge < -0.3 is 5.32 Å². The zero-order valence-corrected chi connectivity index (χ0v) is 11.7. The molecule has 1 aromatic rings. The van der Waals surface area contributed by atoms with E-state index >= 15 is 0 Å². The van der Waals surface area contributed by atoms with Gasteiger partial charge in [-0.2, -0.15) is 0 Å². The lowest BCUT2D eigenvalue weighted by molar-refractivity contribution is -0.384. The standard InChI is InChI=1S/C11H9Cl2N3O4/c1-15-10(17)4-8(11(15)18)14-7-2-5(12)6(13)3-9(7)16(19)20/h2-3,8,14H,4H2,1H3. The average Bonchev–Trinajstić information content (AvgIpc) is 2.61. The molecule has 20 heavy (non-hydrogen) atoms. The van der Waals surface area contributed by atoms with Crippen LogP contribution in [0.4, 0.5) is 11.4 Å². The van der Waals surface area contributed by atoms with Crippen LogP contribution in [0.25, 0.3) is 0 Å². The molecular weight excluding hydrogens is 309 g/mol. The number of carbonyl (C=O) groups excluding carboxylic acids is 2. The number of nitro groups is 1. The Labute approximate surface area is 123 Å². The number of amides is 2. The van der Waals surface area contributed by atoms with E-state index in [1.165, 1.54) is 13.1 Å². The molecule has 1 N–H and O–H groups in total.